The maximum Gasteiger partial charge on any atom is 0.341 e. The topological polar surface area (TPSA) is 118 Å². The van der Waals surface area contributed by atoms with Crippen molar-refractivity contribution < 1.29 is 28.3 Å². The number of hydrogen-bond donors (Lipinski definition) is 2. The number of imide groups is 1. The molecule has 0 spiro atoms. The summed E-state index contributed by atoms with van der Waals surface area (Å²) in [7, 11) is 0. The first-order chi connectivity index (χ1) is 16.2. The van der Waals surface area contributed by atoms with Crippen LogP contribution in [0.25, 0.3) is 11.3 Å². The number of hydrogen-bond acceptors (Lipinski definition) is 7. The summed E-state index contributed by atoms with van der Waals surface area (Å²) in [6, 6.07) is 9.93. The molecule has 1 fully saturated rings. The van der Waals surface area contributed by atoms with Crippen LogP contribution in [0.5, 0.6) is 0 Å². The number of nitrogens with one attached hydrogen (secondary N) is 2. The van der Waals surface area contributed by atoms with E-state index < -0.39 is 35.9 Å². The second-order valence-electron chi connectivity index (χ2n) is 7.91. The van der Waals surface area contributed by atoms with Crippen molar-refractivity contribution in [2.45, 2.75) is 26.3 Å². The van der Waals surface area contributed by atoms with Gasteiger partial charge in [0.1, 0.15) is 28.4 Å². The maximum atomic E-state index is 13.1. The predicted octanol–water partition coefficient (Wildman–Crippen LogP) is 3.90. The number of nitrogens with zero attached hydrogens (tertiary/aromatic N) is 1. The van der Waals surface area contributed by atoms with E-state index in [1.165, 1.54) is 6.26 Å². The number of amides is 4. The highest BCUT2D eigenvalue weighted by atomic mass is 32.1. The van der Waals surface area contributed by atoms with E-state index in [2.05, 4.69) is 10.6 Å². The van der Waals surface area contributed by atoms with Crippen molar-refractivity contribution in [2.75, 3.05) is 18.5 Å². The van der Waals surface area contributed by atoms with E-state index in [1.807, 2.05) is 19.1 Å². The number of aryl methyl sites for hydroxylation is 1. The van der Waals surface area contributed by atoms with Crippen LogP contribution in [0.4, 0.5) is 9.80 Å². The van der Waals surface area contributed by atoms with Crippen LogP contribution >= 0.6 is 11.3 Å². The Kier molecular flexibility index (Phi) is 6.25. The first kappa shape index (κ1) is 23.2. The third-order valence-corrected chi connectivity index (χ3v) is 6.41. The highest BCUT2D eigenvalue weighted by molar-refractivity contribution is 7.15. The van der Waals surface area contributed by atoms with E-state index >= 15 is 0 Å². The second-order valence-corrected chi connectivity index (χ2v) is 8.79. The zero-order valence-electron chi connectivity index (χ0n) is 18.8. The quantitative estimate of drug-likeness (QED) is 0.390. The van der Waals surface area contributed by atoms with Crippen LogP contribution < -0.4 is 10.6 Å². The summed E-state index contributed by atoms with van der Waals surface area (Å²) in [6.07, 6.45) is 1.48. The van der Waals surface area contributed by atoms with Crippen molar-refractivity contribution in [1.29, 1.82) is 0 Å². The largest absolute Gasteiger partial charge is 0.464 e. The van der Waals surface area contributed by atoms with Crippen LogP contribution in [0.3, 0.4) is 0 Å². The van der Waals surface area contributed by atoms with Crippen LogP contribution in [0.1, 0.15) is 35.3 Å². The number of furan rings is 1. The van der Waals surface area contributed by atoms with Gasteiger partial charge in [0.05, 0.1) is 12.9 Å². The van der Waals surface area contributed by atoms with Gasteiger partial charge in [-0.2, -0.15) is 0 Å². The fraction of sp³-hybridized carbons (Fsp3) is 0.250. The van der Waals surface area contributed by atoms with Gasteiger partial charge in [0.2, 0.25) is 5.91 Å². The molecule has 2 N–H and O–H groups in total. The zero-order chi connectivity index (χ0) is 24.5. The van der Waals surface area contributed by atoms with Gasteiger partial charge in [-0.05, 0) is 38.5 Å². The minimum atomic E-state index is -1.28. The Balaban J connectivity index is 1.54. The standard InChI is InChI=1S/C24H23N3O6S/c1-4-32-21(29)19-16(17-6-5-11-33-17)13-34-20(19)25-18(28)12-27-22(30)24(3,26-23(27)31)15-9-7-14(2)8-10-15/h5-11,13H,4,12H2,1-3H3,(H,25,28)(H,26,31). The lowest BCUT2D eigenvalue weighted by atomic mass is 9.91. The minimum Gasteiger partial charge on any atom is -0.464 e. The summed E-state index contributed by atoms with van der Waals surface area (Å²) in [5.41, 5.74) is 0.978. The Bertz CT molecular complexity index is 1250. The van der Waals surface area contributed by atoms with Gasteiger partial charge in [0.25, 0.3) is 5.91 Å². The Morgan fingerprint density at radius 2 is 1.94 bits per heavy atom. The fourth-order valence-corrected chi connectivity index (χ4v) is 4.66. The molecule has 4 amide bonds. The monoisotopic (exact) mass is 481 g/mol. The van der Waals surface area contributed by atoms with Crippen LogP contribution in [-0.4, -0.2) is 41.9 Å². The molecular weight excluding hydrogens is 458 g/mol. The van der Waals surface area contributed by atoms with Crippen LogP contribution in [0.15, 0.2) is 52.5 Å². The van der Waals surface area contributed by atoms with E-state index in [0.717, 1.165) is 21.8 Å². The highest BCUT2D eigenvalue weighted by Crippen LogP contribution is 2.36. The molecule has 2 aromatic heterocycles. The van der Waals surface area contributed by atoms with Gasteiger partial charge in [0.15, 0.2) is 0 Å². The SMILES string of the molecule is CCOC(=O)c1c(-c2ccco2)csc1NC(=O)CN1C(=O)NC(C)(c2ccc(C)cc2)C1=O. The number of esters is 1. The van der Waals surface area contributed by atoms with Gasteiger partial charge in [0, 0.05) is 10.9 Å². The molecular formula is C24H23N3O6S. The lowest BCUT2D eigenvalue weighted by Crippen LogP contribution is -2.42. The number of ether oxygens (including phenoxy) is 1. The summed E-state index contributed by atoms with van der Waals surface area (Å²) in [6.45, 7) is 4.84. The third kappa shape index (κ3) is 4.19. The van der Waals surface area contributed by atoms with Crippen molar-refractivity contribution in [3.05, 3.63) is 64.7 Å². The fourth-order valence-electron chi connectivity index (χ4n) is 3.70. The number of anilines is 1. The highest BCUT2D eigenvalue weighted by Gasteiger charge is 2.49. The average molecular weight is 482 g/mol. The number of rotatable bonds is 7. The molecule has 0 bridgehead atoms. The second kappa shape index (κ2) is 9.14. The minimum absolute atomic E-state index is 0.150. The van der Waals surface area contributed by atoms with Crippen molar-refractivity contribution in [3.63, 3.8) is 0 Å². The van der Waals surface area contributed by atoms with Crippen molar-refractivity contribution >= 4 is 40.2 Å². The van der Waals surface area contributed by atoms with Gasteiger partial charge >= 0.3 is 12.0 Å². The first-order valence-corrected chi connectivity index (χ1v) is 11.5. The van der Waals surface area contributed by atoms with E-state index in [9.17, 15) is 19.2 Å². The van der Waals surface area contributed by atoms with E-state index in [0.29, 0.717) is 16.9 Å². The van der Waals surface area contributed by atoms with E-state index in [1.54, 1.807) is 43.5 Å². The van der Waals surface area contributed by atoms with Gasteiger partial charge < -0.3 is 19.8 Å². The molecule has 3 heterocycles. The Hall–Kier alpha value is -3.92. The molecule has 3 aromatic rings. The normalized spacial score (nSPS) is 17.6. The molecule has 1 aliphatic rings. The lowest BCUT2D eigenvalue weighted by molar-refractivity contribution is -0.133. The molecule has 1 atom stereocenters. The van der Waals surface area contributed by atoms with Crippen LogP contribution in [0.2, 0.25) is 0 Å². The summed E-state index contributed by atoms with van der Waals surface area (Å²) < 4.78 is 10.5. The number of urea groups is 1. The zero-order valence-corrected chi connectivity index (χ0v) is 19.7. The van der Waals surface area contributed by atoms with E-state index in [-0.39, 0.29) is 17.2 Å². The molecule has 1 unspecified atom stereocenters. The Morgan fingerprint density at radius 1 is 1.21 bits per heavy atom. The molecule has 1 aliphatic heterocycles. The summed E-state index contributed by atoms with van der Waals surface area (Å²) in [5, 5.41) is 7.22. The van der Waals surface area contributed by atoms with Crippen molar-refractivity contribution in [1.82, 2.24) is 10.2 Å². The van der Waals surface area contributed by atoms with Gasteiger partial charge in [-0.3, -0.25) is 14.5 Å². The van der Waals surface area contributed by atoms with E-state index in [4.69, 9.17) is 9.15 Å². The summed E-state index contributed by atoms with van der Waals surface area (Å²) >= 11 is 1.12. The summed E-state index contributed by atoms with van der Waals surface area (Å²) in [5.74, 6) is -1.34. The molecule has 9 nitrogen and oxygen atoms in total. The smallest absolute Gasteiger partial charge is 0.341 e. The number of thiophene rings is 1. The molecule has 4 rings (SSSR count). The van der Waals surface area contributed by atoms with Crippen LogP contribution in [0, 0.1) is 6.92 Å². The predicted molar refractivity (Wildman–Crippen MR) is 125 cm³/mol. The Morgan fingerprint density at radius 3 is 2.59 bits per heavy atom. The molecule has 176 valence electrons. The number of carbonyl (C=O) groups is 4. The van der Waals surface area contributed by atoms with Crippen molar-refractivity contribution in [3.8, 4) is 11.3 Å². The third-order valence-electron chi connectivity index (χ3n) is 5.52. The Labute approximate surface area is 199 Å². The molecule has 1 saturated heterocycles. The molecule has 0 aliphatic carbocycles. The van der Waals surface area contributed by atoms with Gasteiger partial charge in [-0.1, -0.05) is 29.8 Å². The molecule has 34 heavy (non-hydrogen) atoms. The summed E-state index contributed by atoms with van der Waals surface area (Å²) in [4.78, 5) is 52.0. The average Bonchev–Trinajstić information content (AvgIpc) is 3.51. The molecule has 0 radical (unpaired) electrons. The number of benzene rings is 1. The maximum absolute atomic E-state index is 13.1. The molecule has 10 heteroatoms. The van der Waals surface area contributed by atoms with Crippen LogP contribution in [-0.2, 0) is 19.9 Å². The molecule has 0 saturated carbocycles. The molecule has 1 aromatic carbocycles. The first-order valence-electron chi connectivity index (χ1n) is 10.6. The lowest BCUT2D eigenvalue weighted by Gasteiger charge is -2.22. The number of carbonyl (C=O) groups excluding carboxylic acids is 4. The van der Waals surface area contributed by atoms with Gasteiger partial charge in [-0.25, -0.2) is 9.59 Å². The van der Waals surface area contributed by atoms with Gasteiger partial charge in [-0.15, -0.1) is 11.3 Å². The van der Waals surface area contributed by atoms with Crippen molar-refractivity contribution in [2.24, 2.45) is 0 Å².